The molecule has 0 aliphatic rings. The van der Waals surface area contributed by atoms with Gasteiger partial charge >= 0.3 is 0 Å². The average molecular weight is 284 g/mol. The third-order valence-corrected chi connectivity index (χ3v) is 2.97. The molecule has 0 saturated carbocycles. The van der Waals surface area contributed by atoms with Gasteiger partial charge in [-0.05, 0) is 38.3 Å². The Kier molecular flexibility index (Phi) is 5.00. The van der Waals surface area contributed by atoms with Crippen LogP contribution in [-0.2, 0) is 11.2 Å². The molecule has 0 heterocycles. The molecule has 1 rings (SSSR count). The lowest BCUT2D eigenvalue weighted by atomic mass is 10.0. The predicted molar refractivity (Wildman–Crippen MR) is 71.0 cm³/mol. The maximum Gasteiger partial charge on any atom is 0.233 e. The fourth-order valence-electron chi connectivity index (χ4n) is 1.59. The van der Waals surface area contributed by atoms with E-state index in [4.69, 9.17) is 0 Å². The van der Waals surface area contributed by atoms with Crippen LogP contribution >= 0.6 is 15.9 Å². The highest BCUT2D eigenvalue weighted by Crippen LogP contribution is 2.10. The topological polar surface area (TPSA) is 29.1 Å². The number of rotatable bonds is 4. The van der Waals surface area contributed by atoms with Crippen LogP contribution in [0.25, 0.3) is 0 Å². The third-order valence-electron chi connectivity index (χ3n) is 2.55. The molecule has 1 atom stereocenters. The molecule has 0 bridgehead atoms. The van der Waals surface area contributed by atoms with Gasteiger partial charge in [0, 0.05) is 6.54 Å². The Bertz CT molecular complexity index is 374. The van der Waals surface area contributed by atoms with Gasteiger partial charge in [-0.25, -0.2) is 0 Å². The molecule has 1 amide bonds. The van der Waals surface area contributed by atoms with Crippen molar-refractivity contribution in [2.45, 2.75) is 32.0 Å². The van der Waals surface area contributed by atoms with Gasteiger partial charge in [-0.3, -0.25) is 4.79 Å². The highest BCUT2D eigenvalue weighted by atomic mass is 79.9. The van der Waals surface area contributed by atoms with Crippen molar-refractivity contribution in [1.82, 2.24) is 5.32 Å². The molecule has 0 aliphatic heterocycles. The normalized spacial score (nSPS) is 12.2. The summed E-state index contributed by atoms with van der Waals surface area (Å²) in [5.74, 6) is 0.0461. The third kappa shape index (κ3) is 3.97. The maximum atomic E-state index is 11.3. The quantitative estimate of drug-likeness (QED) is 0.846. The second-order valence-electron chi connectivity index (χ2n) is 4.09. The van der Waals surface area contributed by atoms with Gasteiger partial charge < -0.3 is 5.32 Å². The van der Waals surface area contributed by atoms with Crippen LogP contribution in [0.5, 0.6) is 0 Å². The monoisotopic (exact) mass is 283 g/mol. The lowest BCUT2D eigenvalue weighted by Gasteiger charge is -2.09. The Labute approximate surface area is 106 Å². The van der Waals surface area contributed by atoms with Crippen molar-refractivity contribution in [1.29, 1.82) is 0 Å². The molecular formula is C13H18BrNO. The summed E-state index contributed by atoms with van der Waals surface area (Å²) in [7, 11) is 0. The van der Waals surface area contributed by atoms with Crippen LogP contribution in [-0.4, -0.2) is 17.3 Å². The Morgan fingerprint density at radius 3 is 2.69 bits per heavy atom. The van der Waals surface area contributed by atoms with E-state index in [0.29, 0.717) is 6.54 Å². The molecule has 2 nitrogen and oxygen atoms in total. The van der Waals surface area contributed by atoms with E-state index in [9.17, 15) is 4.79 Å². The zero-order chi connectivity index (χ0) is 12.1. The van der Waals surface area contributed by atoms with Gasteiger partial charge in [0.1, 0.15) is 0 Å². The molecule has 0 fully saturated rings. The second-order valence-corrected chi connectivity index (χ2v) is 5.46. The van der Waals surface area contributed by atoms with Crippen LogP contribution in [0.15, 0.2) is 18.2 Å². The zero-order valence-corrected chi connectivity index (χ0v) is 11.6. The van der Waals surface area contributed by atoms with E-state index in [1.54, 1.807) is 0 Å². The average Bonchev–Trinajstić information content (AvgIpc) is 2.20. The first-order valence-electron chi connectivity index (χ1n) is 5.48. The lowest BCUT2D eigenvalue weighted by Crippen LogP contribution is -2.31. The van der Waals surface area contributed by atoms with Crippen LogP contribution in [0.4, 0.5) is 0 Å². The minimum atomic E-state index is -0.119. The molecule has 3 heteroatoms. The summed E-state index contributed by atoms with van der Waals surface area (Å²) in [6.45, 7) is 6.72. The largest absolute Gasteiger partial charge is 0.355 e. The van der Waals surface area contributed by atoms with Gasteiger partial charge in [0.05, 0.1) is 4.83 Å². The van der Waals surface area contributed by atoms with Crippen LogP contribution in [0.3, 0.4) is 0 Å². The summed E-state index contributed by atoms with van der Waals surface area (Å²) in [6, 6.07) is 6.41. The van der Waals surface area contributed by atoms with Gasteiger partial charge in [-0.1, -0.05) is 39.7 Å². The number of nitrogens with one attached hydrogen (secondary N) is 1. The van der Waals surface area contributed by atoms with Gasteiger partial charge in [-0.15, -0.1) is 0 Å². The molecule has 1 unspecified atom stereocenters. The van der Waals surface area contributed by atoms with Crippen molar-refractivity contribution < 1.29 is 4.79 Å². The van der Waals surface area contributed by atoms with Crippen molar-refractivity contribution in [3.63, 3.8) is 0 Å². The SMILES string of the molecule is Cc1ccc(CCNC(=O)C(C)Br)c(C)c1. The number of benzene rings is 1. The standard InChI is InChI=1S/C13H18BrNO/c1-9-4-5-12(10(2)8-9)6-7-15-13(16)11(3)14/h4-5,8,11H,6-7H2,1-3H3,(H,15,16). The number of amides is 1. The van der Waals surface area contributed by atoms with E-state index in [-0.39, 0.29) is 10.7 Å². The number of carbonyl (C=O) groups excluding carboxylic acids is 1. The Morgan fingerprint density at radius 2 is 2.12 bits per heavy atom. The highest BCUT2D eigenvalue weighted by molar-refractivity contribution is 9.10. The van der Waals surface area contributed by atoms with Gasteiger partial charge in [0.25, 0.3) is 0 Å². The summed E-state index contributed by atoms with van der Waals surface area (Å²) >= 11 is 3.24. The fraction of sp³-hybridized carbons (Fsp3) is 0.462. The molecule has 1 aromatic rings. The molecule has 0 aliphatic carbocycles. The van der Waals surface area contributed by atoms with E-state index in [1.165, 1.54) is 16.7 Å². The number of hydrogen-bond donors (Lipinski definition) is 1. The maximum absolute atomic E-state index is 11.3. The van der Waals surface area contributed by atoms with E-state index in [0.717, 1.165) is 6.42 Å². The number of hydrogen-bond acceptors (Lipinski definition) is 1. The zero-order valence-electron chi connectivity index (χ0n) is 10.0. The molecule has 16 heavy (non-hydrogen) atoms. The Balaban J connectivity index is 2.46. The van der Waals surface area contributed by atoms with E-state index in [2.05, 4.69) is 53.3 Å². The molecule has 88 valence electrons. The van der Waals surface area contributed by atoms with Gasteiger partial charge in [0.15, 0.2) is 0 Å². The van der Waals surface area contributed by atoms with Gasteiger partial charge in [0.2, 0.25) is 5.91 Å². The van der Waals surface area contributed by atoms with Crippen molar-refractivity contribution in [2.24, 2.45) is 0 Å². The van der Waals surface area contributed by atoms with E-state index >= 15 is 0 Å². The molecule has 0 spiro atoms. The first kappa shape index (κ1) is 13.2. The smallest absolute Gasteiger partial charge is 0.233 e. The number of carbonyl (C=O) groups is 1. The Hall–Kier alpha value is -0.830. The van der Waals surface area contributed by atoms with Crippen molar-refractivity contribution in [2.75, 3.05) is 6.54 Å². The van der Waals surface area contributed by atoms with Gasteiger partial charge in [-0.2, -0.15) is 0 Å². The van der Waals surface area contributed by atoms with Crippen LogP contribution < -0.4 is 5.32 Å². The number of halogens is 1. The first-order valence-corrected chi connectivity index (χ1v) is 6.40. The van der Waals surface area contributed by atoms with Crippen LogP contribution in [0.2, 0.25) is 0 Å². The molecule has 0 aromatic heterocycles. The molecular weight excluding hydrogens is 266 g/mol. The number of alkyl halides is 1. The van der Waals surface area contributed by atoms with Crippen LogP contribution in [0.1, 0.15) is 23.6 Å². The molecule has 1 aromatic carbocycles. The first-order chi connectivity index (χ1) is 7.50. The summed E-state index contributed by atoms with van der Waals surface area (Å²) < 4.78 is 0. The molecule has 1 N–H and O–H groups in total. The van der Waals surface area contributed by atoms with Crippen molar-refractivity contribution in [3.8, 4) is 0 Å². The Morgan fingerprint density at radius 1 is 1.44 bits per heavy atom. The second kappa shape index (κ2) is 6.04. The van der Waals surface area contributed by atoms with E-state index < -0.39 is 0 Å². The molecule has 0 radical (unpaired) electrons. The summed E-state index contributed by atoms with van der Waals surface area (Å²) in [5.41, 5.74) is 3.87. The molecule has 0 saturated heterocycles. The summed E-state index contributed by atoms with van der Waals surface area (Å²) in [6.07, 6.45) is 0.886. The highest BCUT2D eigenvalue weighted by Gasteiger charge is 2.07. The van der Waals surface area contributed by atoms with Crippen molar-refractivity contribution >= 4 is 21.8 Å². The lowest BCUT2D eigenvalue weighted by molar-refractivity contribution is -0.120. The van der Waals surface area contributed by atoms with Crippen molar-refractivity contribution in [3.05, 3.63) is 34.9 Å². The summed E-state index contributed by atoms with van der Waals surface area (Å²) in [5, 5.41) is 2.89. The minimum Gasteiger partial charge on any atom is -0.355 e. The predicted octanol–water partition coefficient (Wildman–Crippen LogP) is 2.75. The summed E-state index contributed by atoms with van der Waals surface area (Å²) in [4.78, 5) is 11.2. The van der Waals surface area contributed by atoms with E-state index in [1.807, 2.05) is 6.92 Å². The minimum absolute atomic E-state index is 0.0461. The number of aryl methyl sites for hydroxylation is 2. The fourth-order valence-corrected chi connectivity index (χ4v) is 1.75. The van der Waals surface area contributed by atoms with Crippen LogP contribution in [0, 0.1) is 13.8 Å².